The van der Waals surface area contributed by atoms with E-state index in [1.807, 2.05) is 22.7 Å². The molecule has 9 aromatic carbocycles. The molecule has 2 nitrogen and oxygen atoms in total. The van der Waals surface area contributed by atoms with Crippen LogP contribution in [-0.2, 0) is 0 Å². The summed E-state index contributed by atoms with van der Waals surface area (Å²) in [5.41, 5.74) is 11.9. The summed E-state index contributed by atoms with van der Waals surface area (Å²) < 4.78 is 7.74. The minimum absolute atomic E-state index is 1.12. The van der Waals surface area contributed by atoms with Crippen LogP contribution in [-0.4, -0.2) is 4.57 Å². The number of thiophene rings is 2. The third-order valence-corrected chi connectivity index (χ3v) is 14.0. The molecule has 58 heavy (non-hydrogen) atoms. The number of hydrogen-bond acceptors (Lipinski definition) is 3. The molecule has 0 aliphatic carbocycles. The number of nitrogens with zero attached hydrogens (tertiary/aromatic N) is 2. The highest BCUT2D eigenvalue weighted by Gasteiger charge is 2.23. The zero-order valence-electron chi connectivity index (χ0n) is 31.3. The van der Waals surface area contributed by atoms with Gasteiger partial charge in [-0.15, -0.1) is 22.7 Å². The average molecular weight is 775 g/mol. The molecule has 0 N–H and O–H groups in total. The molecule has 0 aliphatic heterocycles. The summed E-state index contributed by atoms with van der Waals surface area (Å²) in [7, 11) is 0. The van der Waals surface area contributed by atoms with Gasteiger partial charge in [0, 0.05) is 79.3 Å². The van der Waals surface area contributed by atoms with Crippen molar-refractivity contribution < 1.29 is 0 Å². The van der Waals surface area contributed by atoms with E-state index in [9.17, 15) is 0 Å². The number of benzene rings is 9. The Morgan fingerprint density at radius 1 is 0.345 bits per heavy atom. The lowest BCUT2D eigenvalue weighted by molar-refractivity contribution is 1.18. The van der Waals surface area contributed by atoms with Gasteiger partial charge in [0.15, 0.2) is 0 Å². The molecule has 0 unspecified atom stereocenters. The first-order valence-corrected chi connectivity index (χ1v) is 21.3. The molecule has 0 atom stereocenters. The summed E-state index contributed by atoms with van der Waals surface area (Å²) >= 11 is 3.79. The van der Waals surface area contributed by atoms with Crippen molar-refractivity contribution in [1.82, 2.24) is 4.57 Å². The van der Waals surface area contributed by atoms with Gasteiger partial charge in [0.05, 0.1) is 16.7 Å². The van der Waals surface area contributed by atoms with E-state index in [1.165, 1.54) is 84.4 Å². The number of fused-ring (bicyclic) bond motifs is 9. The summed E-state index contributed by atoms with van der Waals surface area (Å²) in [5.74, 6) is 0. The van der Waals surface area contributed by atoms with Gasteiger partial charge in [0.2, 0.25) is 0 Å². The number of aromatic nitrogens is 1. The van der Waals surface area contributed by atoms with Gasteiger partial charge >= 0.3 is 0 Å². The maximum absolute atomic E-state index is 2.47. The highest BCUT2D eigenvalue weighted by molar-refractivity contribution is 7.26. The third-order valence-electron chi connectivity index (χ3n) is 11.6. The molecule has 0 aliphatic rings. The van der Waals surface area contributed by atoms with Gasteiger partial charge in [-0.25, -0.2) is 0 Å². The second kappa shape index (κ2) is 13.3. The lowest BCUT2D eigenvalue weighted by Crippen LogP contribution is -2.10. The maximum atomic E-state index is 2.47. The molecule has 12 rings (SSSR count). The molecule has 12 aromatic rings. The highest BCUT2D eigenvalue weighted by Crippen LogP contribution is 2.48. The largest absolute Gasteiger partial charge is 0.310 e. The van der Waals surface area contributed by atoms with E-state index in [2.05, 4.69) is 216 Å². The lowest BCUT2D eigenvalue weighted by Gasteiger charge is -2.26. The van der Waals surface area contributed by atoms with Gasteiger partial charge in [-0.3, -0.25) is 0 Å². The van der Waals surface area contributed by atoms with Crippen molar-refractivity contribution in [2.24, 2.45) is 0 Å². The molecule has 0 saturated carbocycles. The smallest absolute Gasteiger partial charge is 0.0562 e. The van der Waals surface area contributed by atoms with Crippen molar-refractivity contribution >= 4 is 102 Å². The minimum Gasteiger partial charge on any atom is -0.310 e. The Bertz CT molecular complexity index is 3480. The fraction of sp³-hybridized carbons (Fsp3) is 0. The van der Waals surface area contributed by atoms with Gasteiger partial charge in [-0.1, -0.05) is 140 Å². The predicted molar refractivity (Wildman–Crippen MR) is 252 cm³/mol. The van der Waals surface area contributed by atoms with Crippen LogP contribution >= 0.6 is 22.7 Å². The number of para-hydroxylation sites is 3. The molecule has 0 radical (unpaired) electrons. The molecule has 272 valence electrons. The predicted octanol–water partition coefficient (Wildman–Crippen LogP) is 16.3. The Hall–Kier alpha value is -6.98. The van der Waals surface area contributed by atoms with Crippen molar-refractivity contribution in [3.63, 3.8) is 0 Å². The van der Waals surface area contributed by atoms with Crippen molar-refractivity contribution in [3.8, 4) is 27.9 Å². The van der Waals surface area contributed by atoms with Crippen molar-refractivity contribution in [2.45, 2.75) is 0 Å². The quantitative estimate of drug-likeness (QED) is 0.163. The molecule has 0 fully saturated rings. The molecule has 3 aromatic heterocycles. The molecular weight excluding hydrogens is 741 g/mol. The summed E-state index contributed by atoms with van der Waals surface area (Å²) in [6.07, 6.45) is 0. The van der Waals surface area contributed by atoms with Gasteiger partial charge in [0.25, 0.3) is 0 Å². The van der Waals surface area contributed by atoms with E-state index >= 15 is 0 Å². The molecular formula is C54H34N2S2. The Balaban J connectivity index is 1.15. The zero-order valence-corrected chi connectivity index (χ0v) is 33.0. The van der Waals surface area contributed by atoms with Crippen LogP contribution in [0.25, 0.3) is 90.1 Å². The molecule has 0 amide bonds. The van der Waals surface area contributed by atoms with Crippen LogP contribution in [0.15, 0.2) is 206 Å². The SMILES string of the molecule is c1ccc(N(c2ccccc2)c2cccc3c2c2ccccc2n3-c2ccc(-c3cccc4c3sc3ccccc34)c(-c3cccc4c3sc3ccccc34)c2)cc1. The van der Waals surface area contributed by atoms with Crippen molar-refractivity contribution in [1.29, 1.82) is 0 Å². The van der Waals surface area contributed by atoms with Gasteiger partial charge in [-0.2, -0.15) is 0 Å². The second-order valence-corrected chi connectivity index (χ2v) is 16.9. The number of hydrogen-bond donors (Lipinski definition) is 0. The van der Waals surface area contributed by atoms with E-state index in [0.717, 1.165) is 22.7 Å². The zero-order chi connectivity index (χ0) is 38.2. The third kappa shape index (κ3) is 5.09. The number of rotatable bonds is 6. The van der Waals surface area contributed by atoms with E-state index in [-0.39, 0.29) is 0 Å². The van der Waals surface area contributed by atoms with Crippen molar-refractivity contribution in [2.75, 3.05) is 4.90 Å². The summed E-state index contributed by atoms with van der Waals surface area (Å²) in [5, 5.41) is 7.68. The molecule has 3 heterocycles. The first kappa shape index (κ1) is 33.2. The first-order chi connectivity index (χ1) is 28.8. The topological polar surface area (TPSA) is 8.17 Å². The number of anilines is 3. The summed E-state index contributed by atoms with van der Waals surface area (Å²) in [6.45, 7) is 0. The highest BCUT2D eigenvalue weighted by atomic mass is 32.1. The van der Waals surface area contributed by atoms with Crippen LogP contribution in [0.1, 0.15) is 0 Å². The van der Waals surface area contributed by atoms with E-state index in [4.69, 9.17) is 0 Å². The molecule has 0 saturated heterocycles. The summed E-state index contributed by atoms with van der Waals surface area (Å²) in [6, 6.07) is 75.5. The maximum Gasteiger partial charge on any atom is 0.0562 e. The van der Waals surface area contributed by atoms with Crippen LogP contribution in [0.4, 0.5) is 17.1 Å². The van der Waals surface area contributed by atoms with Crippen LogP contribution < -0.4 is 4.90 Å². The second-order valence-electron chi connectivity index (χ2n) is 14.8. The van der Waals surface area contributed by atoms with Gasteiger partial charge < -0.3 is 9.47 Å². The normalized spacial score (nSPS) is 11.8. The van der Waals surface area contributed by atoms with Gasteiger partial charge in [0.1, 0.15) is 0 Å². The Morgan fingerprint density at radius 3 is 1.48 bits per heavy atom. The van der Waals surface area contributed by atoms with Gasteiger partial charge in [-0.05, 0) is 77.9 Å². The standard InChI is InChI=1S/C54H34N2S2/c1-3-16-35(17-4-1)55(36-18-5-2-6-19-36)48-28-15-29-49-52(48)45-22-7-10-27-47(45)56(49)37-32-33-38(41-23-13-24-42-39-20-8-11-30-50(39)57-53(41)42)46(34-37)44-26-14-25-43-40-21-9-12-31-51(40)58-54(43)44/h1-34H. The Kier molecular flexibility index (Phi) is 7.62. The lowest BCUT2D eigenvalue weighted by atomic mass is 9.92. The van der Waals surface area contributed by atoms with Crippen LogP contribution in [0.3, 0.4) is 0 Å². The average Bonchev–Trinajstić information content (AvgIpc) is 3.97. The fourth-order valence-corrected chi connectivity index (χ4v) is 11.6. The molecule has 0 bridgehead atoms. The fourth-order valence-electron chi connectivity index (χ4n) is 9.09. The first-order valence-electron chi connectivity index (χ1n) is 19.7. The minimum atomic E-state index is 1.12. The summed E-state index contributed by atoms with van der Waals surface area (Å²) in [4.78, 5) is 2.39. The van der Waals surface area contributed by atoms with Crippen LogP contribution in [0, 0.1) is 0 Å². The Labute approximate surface area is 343 Å². The molecule has 4 heteroatoms. The molecule has 0 spiro atoms. The Morgan fingerprint density at radius 2 is 0.845 bits per heavy atom. The van der Waals surface area contributed by atoms with E-state index in [1.54, 1.807) is 0 Å². The van der Waals surface area contributed by atoms with Crippen LogP contribution in [0.5, 0.6) is 0 Å². The van der Waals surface area contributed by atoms with Crippen molar-refractivity contribution in [3.05, 3.63) is 206 Å². The monoisotopic (exact) mass is 774 g/mol. The van der Waals surface area contributed by atoms with E-state index in [0.29, 0.717) is 0 Å². The van der Waals surface area contributed by atoms with E-state index < -0.39 is 0 Å². The van der Waals surface area contributed by atoms with Crippen LogP contribution in [0.2, 0.25) is 0 Å².